The van der Waals surface area contributed by atoms with E-state index in [1.165, 1.54) is 12.1 Å². The Morgan fingerprint density at radius 1 is 1.04 bits per heavy atom. The summed E-state index contributed by atoms with van der Waals surface area (Å²) >= 11 is 0. The molecule has 0 spiro atoms. The first-order valence-corrected chi connectivity index (χ1v) is 9.75. The maximum absolute atomic E-state index is 13.0. The van der Waals surface area contributed by atoms with Gasteiger partial charge in [0.15, 0.2) is 5.76 Å². The van der Waals surface area contributed by atoms with E-state index in [-0.39, 0.29) is 24.2 Å². The molecule has 1 aliphatic carbocycles. The second kappa shape index (κ2) is 7.70. The van der Waals surface area contributed by atoms with Gasteiger partial charge < -0.3 is 9.32 Å². The summed E-state index contributed by atoms with van der Waals surface area (Å²) in [5.41, 5.74) is 0.852. The Bertz CT molecular complexity index is 896. The Morgan fingerprint density at radius 3 is 2.46 bits per heavy atom. The fraction of sp³-hybridized carbons (Fsp3) is 0.409. The summed E-state index contributed by atoms with van der Waals surface area (Å²) in [6, 6.07) is 9.33. The van der Waals surface area contributed by atoms with E-state index in [2.05, 4.69) is 0 Å². The van der Waals surface area contributed by atoms with E-state index in [4.69, 9.17) is 4.42 Å². The van der Waals surface area contributed by atoms with E-state index >= 15 is 0 Å². The predicted octanol–water partition coefficient (Wildman–Crippen LogP) is 3.55. The van der Waals surface area contributed by atoms with Gasteiger partial charge in [0.05, 0.1) is 0 Å². The number of furan rings is 1. The molecular weight excluding hydrogens is 361 g/mol. The van der Waals surface area contributed by atoms with Crippen molar-refractivity contribution in [3.63, 3.8) is 0 Å². The van der Waals surface area contributed by atoms with Gasteiger partial charge in [-0.2, -0.15) is 0 Å². The van der Waals surface area contributed by atoms with Crippen molar-refractivity contribution in [3.8, 4) is 0 Å². The van der Waals surface area contributed by atoms with Gasteiger partial charge in [-0.25, -0.2) is 4.39 Å². The first-order valence-electron chi connectivity index (χ1n) is 9.75. The zero-order chi connectivity index (χ0) is 19.7. The van der Waals surface area contributed by atoms with Crippen LogP contribution in [-0.4, -0.2) is 35.0 Å². The molecule has 5 nitrogen and oxygen atoms in total. The number of rotatable bonds is 5. The molecule has 1 atom stereocenters. The van der Waals surface area contributed by atoms with E-state index in [9.17, 15) is 18.8 Å². The van der Waals surface area contributed by atoms with Crippen LogP contribution in [0.1, 0.15) is 54.0 Å². The lowest BCUT2D eigenvalue weighted by Crippen LogP contribution is -2.39. The zero-order valence-electron chi connectivity index (χ0n) is 15.5. The molecule has 1 amide bonds. The summed E-state index contributed by atoms with van der Waals surface area (Å²) in [6.45, 7) is 0.148. The van der Waals surface area contributed by atoms with Crippen LogP contribution in [0.25, 0.3) is 0 Å². The van der Waals surface area contributed by atoms with Gasteiger partial charge in [0.25, 0.3) is 5.91 Å². The van der Waals surface area contributed by atoms with Gasteiger partial charge in [-0.1, -0.05) is 31.4 Å². The summed E-state index contributed by atoms with van der Waals surface area (Å²) in [7, 11) is 0. The smallest absolute Gasteiger partial charge is 0.291 e. The lowest BCUT2D eigenvalue weighted by atomic mass is 9.94. The summed E-state index contributed by atoms with van der Waals surface area (Å²) in [4.78, 5) is 39.2. The summed E-state index contributed by atoms with van der Waals surface area (Å²) in [5.74, 6) is -2.27. The minimum Gasteiger partial charge on any atom is -0.458 e. The Kier molecular flexibility index (Phi) is 5.11. The Morgan fingerprint density at radius 2 is 1.75 bits per heavy atom. The van der Waals surface area contributed by atoms with Crippen LogP contribution in [0.5, 0.6) is 0 Å². The highest BCUT2D eigenvalue weighted by atomic mass is 19.1. The largest absolute Gasteiger partial charge is 0.458 e. The molecule has 6 heteroatoms. The molecular formula is C22H22FNO4. The molecule has 1 saturated heterocycles. The molecule has 1 aromatic heterocycles. The number of halogens is 1. The highest BCUT2D eigenvalue weighted by Gasteiger charge is 2.46. The van der Waals surface area contributed by atoms with Crippen molar-refractivity contribution >= 4 is 17.5 Å². The van der Waals surface area contributed by atoms with E-state index in [1.54, 1.807) is 29.2 Å². The number of hydrogen-bond donors (Lipinski definition) is 0. The topological polar surface area (TPSA) is 67.6 Å². The molecule has 1 saturated carbocycles. The Labute approximate surface area is 162 Å². The molecule has 0 bridgehead atoms. The minimum atomic E-state index is -0.987. The molecule has 1 unspecified atom stereocenters. The number of ketones is 2. The van der Waals surface area contributed by atoms with Crippen molar-refractivity contribution < 1.29 is 23.2 Å². The number of Topliss-reactive ketones (excluding diaryl/α,β-unsaturated/α-hetero) is 2. The molecule has 2 fully saturated rings. The minimum absolute atomic E-state index is 0.0636. The Hall–Kier alpha value is -2.76. The van der Waals surface area contributed by atoms with Crippen molar-refractivity contribution in [1.82, 2.24) is 4.90 Å². The van der Waals surface area contributed by atoms with Crippen LogP contribution in [0.15, 0.2) is 40.8 Å². The van der Waals surface area contributed by atoms with Gasteiger partial charge in [0, 0.05) is 19.0 Å². The number of likely N-dealkylation sites (tertiary alicyclic amines) is 1. The van der Waals surface area contributed by atoms with Gasteiger partial charge in [-0.15, -0.1) is 0 Å². The number of carbonyl (C=O) groups is 3. The lowest BCUT2D eigenvalue weighted by molar-refractivity contribution is -0.142. The van der Waals surface area contributed by atoms with Crippen LogP contribution < -0.4 is 0 Å². The second-order valence-electron chi connectivity index (χ2n) is 7.60. The molecule has 2 aliphatic rings. The van der Waals surface area contributed by atoms with Crippen LogP contribution in [-0.2, 0) is 16.0 Å². The molecule has 4 rings (SSSR count). The number of benzene rings is 1. The predicted molar refractivity (Wildman–Crippen MR) is 99.3 cm³/mol. The van der Waals surface area contributed by atoms with Crippen molar-refractivity contribution in [2.75, 3.05) is 6.54 Å². The van der Waals surface area contributed by atoms with Crippen molar-refractivity contribution in [3.05, 3.63) is 59.3 Å². The molecule has 28 heavy (non-hydrogen) atoms. The molecule has 2 heterocycles. The quantitative estimate of drug-likeness (QED) is 0.450. The van der Waals surface area contributed by atoms with E-state index in [1.807, 2.05) is 0 Å². The maximum Gasteiger partial charge on any atom is 0.291 e. The molecule has 2 aromatic rings. The summed E-state index contributed by atoms with van der Waals surface area (Å²) < 4.78 is 18.6. The monoisotopic (exact) mass is 383 g/mol. The number of hydrogen-bond acceptors (Lipinski definition) is 4. The van der Waals surface area contributed by atoms with Crippen LogP contribution in [0.4, 0.5) is 4.39 Å². The second-order valence-corrected chi connectivity index (χ2v) is 7.60. The summed E-state index contributed by atoms with van der Waals surface area (Å²) in [5, 5.41) is 0. The van der Waals surface area contributed by atoms with Crippen LogP contribution in [0.3, 0.4) is 0 Å². The highest BCUT2D eigenvalue weighted by molar-refractivity contribution is 6.43. The van der Waals surface area contributed by atoms with Gasteiger partial charge in [-0.05, 0) is 42.7 Å². The van der Waals surface area contributed by atoms with Crippen molar-refractivity contribution in [2.24, 2.45) is 5.92 Å². The third-order valence-corrected chi connectivity index (χ3v) is 5.70. The highest BCUT2D eigenvalue weighted by Crippen LogP contribution is 2.29. The normalized spacial score (nSPS) is 20.8. The van der Waals surface area contributed by atoms with Gasteiger partial charge in [-0.3, -0.25) is 14.4 Å². The van der Waals surface area contributed by atoms with Crippen LogP contribution >= 0.6 is 0 Å². The number of amides is 1. The number of nitrogens with zero attached hydrogens (tertiary/aromatic N) is 1. The molecule has 146 valence electrons. The molecule has 1 aliphatic heterocycles. The molecule has 0 N–H and O–H groups in total. The van der Waals surface area contributed by atoms with E-state index in [0.29, 0.717) is 12.2 Å². The fourth-order valence-corrected chi connectivity index (χ4v) is 4.14. The average Bonchev–Trinajstić information content (AvgIpc) is 3.29. The first-order chi connectivity index (χ1) is 13.5. The molecule has 1 aromatic carbocycles. The lowest BCUT2D eigenvalue weighted by Gasteiger charge is -2.30. The standard InChI is InChI=1S/C22H22FNO4/c23-15-8-6-14(7-9-15)12-17-10-11-19(28-17)20(25)18-13-24(22(27)21(18)26)16-4-2-1-3-5-16/h6-11,16,18H,1-5,12-13H2. The van der Waals surface area contributed by atoms with Crippen LogP contribution in [0, 0.1) is 11.7 Å². The third kappa shape index (κ3) is 3.63. The van der Waals surface area contributed by atoms with E-state index < -0.39 is 23.4 Å². The summed E-state index contributed by atoms with van der Waals surface area (Å²) in [6.07, 6.45) is 5.45. The average molecular weight is 383 g/mol. The van der Waals surface area contributed by atoms with Crippen molar-refractivity contribution in [2.45, 2.75) is 44.6 Å². The molecule has 0 radical (unpaired) electrons. The van der Waals surface area contributed by atoms with Gasteiger partial charge in [0.1, 0.15) is 17.5 Å². The first kappa shape index (κ1) is 18.6. The van der Waals surface area contributed by atoms with Crippen molar-refractivity contribution in [1.29, 1.82) is 0 Å². The fourth-order valence-electron chi connectivity index (χ4n) is 4.14. The maximum atomic E-state index is 13.0. The number of carbonyl (C=O) groups excluding carboxylic acids is 3. The SMILES string of the molecule is O=C1C(=O)N(C2CCCCC2)CC1C(=O)c1ccc(Cc2ccc(F)cc2)o1. The van der Waals surface area contributed by atoms with Gasteiger partial charge in [0.2, 0.25) is 11.6 Å². The zero-order valence-corrected chi connectivity index (χ0v) is 15.5. The third-order valence-electron chi connectivity index (χ3n) is 5.70. The Balaban J connectivity index is 1.45. The van der Waals surface area contributed by atoms with Gasteiger partial charge >= 0.3 is 0 Å². The van der Waals surface area contributed by atoms with E-state index in [0.717, 1.165) is 37.7 Å². The van der Waals surface area contributed by atoms with Crippen LogP contribution in [0.2, 0.25) is 0 Å².